The largest absolute Gasteiger partial charge is 0.497 e. The van der Waals surface area contributed by atoms with Gasteiger partial charge in [0.05, 0.1) is 20.6 Å². The van der Waals surface area contributed by atoms with E-state index < -0.39 is 5.41 Å². The SMILES string of the molecule is COC(=O)C[C@@]1(C)CC(=O)c2ccc(OC)cc21. The fourth-order valence-corrected chi connectivity index (χ4v) is 2.49. The lowest BCUT2D eigenvalue weighted by molar-refractivity contribution is -0.141. The van der Waals surface area contributed by atoms with E-state index in [-0.39, 0.29) is 18.2 Å². The van der Waals surface area contributed by atoms with E-state index in [9.17, 15) is 9.59 Å². The lowest BCUT2D eigenvalue weighted by Gasteiger charge is -2.23. The number of esters is 1. The zero-order valence-electron chi connectivity index (χ0n) is 10.8. The van der Waals surface area contributed by atoms with Crippen LogP contribution in [-0.2, 0) is 14.9 Å². The maximum Gasteiger partial charge on any atom is 0.306 e. The highest BCUT2D eigenvalue weighted by molar-refractivity contribution is 6.03. The normalized spacial score (nSPS) is 21.6. The lowest BCUT2D eigenvalue weighted by Crippen LogP contribution is -2.24. The summed E-state index contributed by atoms with van der Waals surface area (Å²) < 4.78 is 9.87. The third-order valence-electron chi connectivity index (χ3n) is 3.49. The molecule has 0 spiro atoms. The van der Waals surface area contributed by atoms with Crippen LogP contribution in [0, 0.1) is 0 Å². The van der Waals surface area contributed by atoms with Crippen molar-refractivity contribution in [3.63, 3.8) is 0 Å². The van der Waals surface area contributed by atoms with Crippen molar-refractivity contribution in [2.24, 2.45) is 0 Å². The minimum absolute atomic E-state index is 0.0686. The second-order valence-electron chi connectivity index (χ2n) is 4.83. The third-order valence-corrected chi connectivity index (χ3v) is 3.49. The molecule has 1 atom stereocenters. The van der Waals surface area contributed by atoms with Gasteiger partial charge in [-0.15, -0.1) is 0 Å². The predicted octanol–water partition coefficient (Wildman–Crippen LogP) is 2.10. The Balaban J connectivity index is 2.44. The molecule has 0 amide bonds. The highest BCUT2D eigenvalue weighted by Gasteiger charge is 2.41. The number of carbonyl (C=O) groups excluding carboxylic acids is 2. The zero-order chi connectivity index (χ0) is 13.3. The molecule has 1 aromatic carbocycles. The molecular weight excluding hydrogens is 232 g/mol. The summed E-state index contributed by atoms with van der Waals surface area (Å²) in [7, 11) is 2.94. The van der Waals surface area contributed by atoms with Crippen molar-refractivity contribution in [3.05, 3.63) is 29.3 Å². The van der Waals surface area contributed by atoms with Crippen molar-refractivity contribution in [2.75, 3.05) is 14.2 Å². The van der Waals surface area contributed by atoms with Crippen molar-refractivity contribution in [3.8, 4) is 5.75 Å². The van der Waals surface area contributed by atoms with Gasteiger partial charge < -0.3 is 9.47 Å². The van der Waals surface area contributed by atoms with Crippen LogP contribution < -0.4 is 4.74 Å². The first kappa shape index (κ1) is 12.6. The monoisotopic (exact) mass is 248 g/mol. The van der Waals surface area contributed by atoms with Crippen LogP contribution in [0.5, 0.6) is 5.75 Å². The summed E-state index contributed by atoms with van der Waals surface area (Å²) in [5.41, 5.74) is 1.06. The van der Waals surface area contributed by atoms with Crippen molar-refractivity contribution in [1.82, 2.24) is 0 Å². The summed E-state index contributed by atoms with van der Waals surface area (Å²) in [4.78, 5) is 23.4. The van der Waals surface area contributed by atoms with E-state index in [2.05, 4.69) is 0 Å². The van der Waals surface area contributed by atoms with Gasteiger partial charge in [-0.25, -0.2) is 0 Å². The molecule has 2 rings (SSSR count). The first-order valence-corrected chi connectivity index (χ1v) is 5.79. The van der Waals surface area contributed by atoms with E-state index in [1.54, 1.807) is 19.2 Å². The van der Waals surface area contributed by atoms with E-state index in [1.807, 2.05) is 13.0 Å². The average molecular weight is 248 g/mol. The Bertz CT molecular complexity index is 507. The van der Waals surface area contributed by atoms with Gasteiger partial charge in [-0.2, -0.15) is 0 Å². The summed E-state index contributed by atoms with van der Waals surface area (Å²) in [5.74, 6) is 0.458. The molecule has 0 aliphatic heterocycles. The fourth-order valence-electron chi connectivity index (χ4n) is 2.49. The van der Waals surface area contributed by atoms with E-state index in [0.29, 0.717) is 17.7 Å². The summed E-state index contributed by atoms with van der Waals surface area (Å²) in [6, 6.07) is 5.36. The number of ether oxygens (including phenoxy) is 2. The Hall–Kier alpha value is -1.84. The smallest absolute Gasteiger partial charge is 0.306 e. The number of Topliss-reactive ketones (excluding diaryl/α,β-unsaturated/α-hetero) is 1. The van der Waals surface area contributed by atoms with Gasteiger partial charge in [-0.05, 0) is 23.8 Å². The number of ketones is 1. The van der Waals surface area contributed by atoms with Crippen LogP contribution in [0.15, 0.2) is 18.2 Å². The quantitative estimate of drug-likeness (QED) is 0.769. The van der Waals surface area contributed by atoms with E-state index in [0.717, 1.165) is 5.56 Å². The van der Waals surface area contributed by atoms with Gasteiger partial charge >= 0.3 is 5.97 Å². The first-order chi connectivity index (χ1) is 8.50. The van der Waals surface area contributed by atoms with E-state index in [1.165, 1.54) is 7.11 Å². The minimum atomic E-state index is -0.492. The molecule has 4 nitrogen and oxygen atoms in total. The number of rotatable bonds is 3. The highest BCUT2D eigenvalue weighted by atomic mass is 16.5. The number of carbonyl (C=O) groups is 2. The molecule has 4 heteroatoms. The van der Waals surface area contributed by atoms with Gasteiger partial charge in [-0.3, -0.25) is 9.59 Å². The van der Waals surface area contributed by atoms with Crippen molar-refractivity contribution < 1.29 is 19.1 Å². The second-order valence-corrected chi connectivity index (χ2v) is 4.83. The standard InChI is InChI=1S/C14H16O4/c1-14(8-13(16)18-3)7-12(15)10-5-4-9(17-2)6-11(10)14/h4-6H,7-8H2,1-3H3/t14-/m1/s1. The molecule has 0 heterocycles. The fraction of sp³-hybridized carbons (Fsp3) is 0.429. The molecule has 0 saturated heterocycles. The number of benzene rings is 1. The van der Waals surface area contributed by atoms with Gasteiger partial charge in [0.25, 0.3) is 0 Å². The van der Waals surface area contributed by atoms with Crippen molar-refractivity contribution in [2.45, 2.75) is 25.2 Å². The van der Waals surface area contributed by atoms with Gasteiger partial charge in [0, 0.05) is 17.4 Å². The molecule has 1 aliphatic rings. The minimum Gasteiger partial charge on any atom is -0.497 e. The Morgan fingerprint density at radius 2 is 2.11 bits per heavy atom. The lowest BCUT2D eigenvalue weighted by atomic mass is 9.81. The van der Waals surface area contributed by atoms with Gasteiger partial charge in [0.15, 0.2) is 5.78 Å². The highest BCUT2D eigenvalue weighted by Crippen LogP contribution is 2.42. The maximum absolute atomic E-state index is 12.0. The van der Waals surface area contributed by atoms with Crippen LogP contribution in [0.25, 0.3) is 0 Å². The number of hydrogen-bond donors (Lipinski definition) is 0. The molecule has 0 radical (unpaired) electrons. The molecule has 96 valence electrons. The molecule has 1 aromatic rings. The van der Waals surface area contributed by atoms with Crippen molar-refractivity contribution >= 4 is 11.8 Å². The van der Waals surface area contributed by atoms with E-state index >= 15 is 0 Å². The van der Waals surface area contributed by atoms with Gasteiger partial charge in [0.2, 0.25) is 0 Å². The molecular formula is C14H16O4. The molecule has 0 N–H and O–H groups in total. The summed E-state index contributed by atoms with van der Waals surface area (Å²) >= 11 is 0. The molecule has 18 heavy (non-hydrogen) atoms. The molecule has 0 unspecified atom stereocenters. The predicted molar refractivity (Wildman–Crippen MR) is 65.9 cm³/mol. The molecule has 0 aromatic heterocycles. The molecule has 0 fully saturated rings. The van der Waals surface area contributed by atoms with Crippen LogP contribution in [0.1, 0.15) is 35.7 Å². The Labute approximate surface area is 106 Å². The van der Waals surface area contributed by atoms with Gasteiger partial charge in [0.1, 0.15) is 5.75 Å². The Kier molecular flexibility index (Phi) is 3.11. The molecule has 0 bridgehead atoms. The van der Waals surface area contributed by atoms with Crippen LogP contribution in [-0.4, -0.2) is 26.0 Å². The van der Waals surface area contributed by atoms with Crippen LogP contribution in [0.3, 0.4) is 0 Å². The van der Waals surface area contributed by atoms with Crippen molar-refractivity contribution in [1.29, 1.82) is 0 Å². The summed E-state index contributed by atoms with van der Waals surface area (Å²) in [6.07, 6.45) is 0.542. The third kappa shape index (κ3) is 1.98. The van der Waals surface area contributed by atoms with Crippen LogP contribution in [0.2, 0.25) is 0 Å². The topological polar surface area (TPSA) is 52.6 Å². The van der Waals surface area contributed by atoms with Crippen LogP contribution >= 0.6 is 0 Å². The zero-order valence-corrected chi connectivity index (χ0v) is 10.8. The summed E-state index contributed by atoms with van der Waals surface area (Å²) in [6.45, 7) is 1.91. The Morgan fingerprint density at radius 3 is 2.72 bits per heavy atom. The van der Waals surface area contributed by atoms with E-state index in [4.69, 9.17) is 9.47 Å². The summed E-state index contributed by atoms with van der Waals surface area (Å²) in [5, 5.41) is 0. The number of fused-ring (bicyclic) bond motifs is 1. The van der Waals surface area contributed by atoms with Crippen LogP contribution in [0.4, 0.5) is 0 Å². The maximum atomic E-state index is 12.0. The number of methoxy groups -OCH3 is 2. The second kappa shape index (κ2) is 4.44. The first-order valence-electron chi connectivity index (χ1n) is 5.79. The Morgan fingerprint density at radius 1 is 1.39 bits per heavy atom. The molecule has 0 saturated carbocycles. The number of hydrogen-bond acceptors (Lipinski definition) is 4. The average Bonchev–Trinajstić information content (AvgIpc) is 2.60. The molecule has 1 aliphatic carbocycles. The van der Waals surface area contributed by atoms with Gasteiger partial charge in [-0.1, -0.05) is 6.92 Å².